The molecule has 1 saturated heterocycles. The van der Waals surface area contributed by atoms with Gasteiger partial charge in [-0.3, -0.25) is 0 Å². The van der Waals surface area contributed by atoms with E-state index in [4.69, 9.17) is 5.73 Å². The van der Waals surface area contributed by atoms with E-state index in [1.165, 1.54) is 6.20 Å². The standard InChI is InChI=1S/C12H21N3O2S2/c1-12(2)3-4-15(5-6-18-12)19(16,17)11-7-10(8-13)14-9-11/h7,9,14H,3-6,8,13H2,1-2H3. The van der Waals surface area contributed by atoms with Crippen LogP contribution in [0.5, 0.6) is 0 Å². The van der Waals surface area contributed by atoms with Crippen LogP contribution in [0.1, 0.15) is 26.0 Å². The molecular formula is C12H21N3O2S2. The van der Waals surface area contributed by atoms with Crippen LogP contribution in [-0.2, 0) is 16.6 Å². The van der Waals surface area contributed by atoms with Gasteiger partial charge in [-0.1, -0.05) is 13.8 Å². The molecule has 0 amide bonds. The molecule has 0 bridgehead atoms. The fourth-order valence-corrected chi connectivity index (χ4v) is 4.75. The summed E-state index contributed by atoms with van der Waals surface area (Å²) in [5.41, 5.74) is 6.24. The molecule has 19 heavy (non-hydrogen) atoms. The Morgan fingerprint density at radius 1 is 1.47 bits per heavy atom. The highest BCUT2D eigenvalue weighted by Gasteiger charge is 2.31. The van der Waals surface area contributed by atoms with E-state index in [1.807, 2.05) is 11.8 Å². The van der Waals surface area contributed by atoms with E-state index in [0.717, 1.165) is 17.9 Å². The first kappa shape index (κ1) is 14.9. The summed E-state index contributed by atoms with van der Waals surface area (Å²) in [6, 6.07) is 1.62. The van der Waals surface area contributed by atoms with E-state index < -0.39 is 10.0 Å². The summed E-state index contributed by atoms with van der Waals surface area (Å²) in [5, 5.41) is 0. The summed E-state index contributed by atoms with van der Waals surface area (Å²) in [6.45, 7) is 5.79. The van der Waals surface area contributed by atoms with Crippen LogP contribution in [0.3, 0.4) is 0 Å². The highest BCUT2D eigenvalue weighted by molar-refractivity contribution is 8.00. The van der Waals surface area contributed by atoms with Crippen LogP contribution in [0.15, 0.2) is 17.2 Å². The normalized spacial score (nSPS) is 21.2. The molecule has 3 N–H and O–H groups in total. The predicted octanol–water partition coefficient (Wildman–Crippen LogP) is 1.38. The number of rotatable bonds is 3. The number of nitrogens with two attached hydrogens (primary N) is 1. The SMILES string of the molecule is CC1(C)CCN(S(=O)(=O)c2c[nH]c(CN)c2)CCS1. The Bertz CT molecular complexity index is 537. The van der Waals surface area contributed by atoms with Crippen molar-refractivity contribution in [3.05, 3.63) is 18.0 Å². The molecule has 0 saturated carbocycles. The summed E-state index contributed by atoms with van der Waals surface area (Å²) in [5.74, 6) is 0.834. The molecule has 1 aliphatic rings. The molecule has 1 aromatic rings. The minimum Gasteiger partial charge on any atom is -0.363 e. The van der Waals surface area contributed by atoms with Gasteiger partial charge in [-0.2, -0.15) is 16.1 Å². The highest BCUT2D eigenvalue weighted by atomic mass is 32.2. The summed E-state index contributed by atoms with van der Waals surface area (Å²) in [7, 11) is -3.39. The molecule has 7 heteroatoms. The number of sulfonamides is 1. The van der Waals surface area contributed by atoms with Gasteiger partial charge in [0, 0.05) is 42.0 Å². The van der Waals surface area contributed by atoms with Crippen molar-refractivity contribution in [2.75, 3.05) is 18.8 Å². The zero-order valence-corrected chi connectivity index (χ0v) is 13.0. The summed E-state index contributed by atoms with van der Waals surface area (Å²) >= 11 is 1.83. The Morgan fingerprint density at radius 3 is 2.84 bits per heavy atom. The second kappa shape index (κ2) is 5.47. The van der Waals surface area contributed by atoms with E-state index in [0.29, 0.717) is 24.5 Å². The number of nitrogens with zero attached hydrogens (tertiary/aromatic N) is 1. The molecule has 5 nitrogen and oxygen atoms in total. The molecule has 0 unspecified atom stereocenters. The van der Waals surface area contributed by atoms with Gasteiger partial charge in [0.15, 0.2) is 0 Å². The van der Waals surface area contributed by atoms with Crippen molar-refractivity contribution in [3.8, 4) is 0 Å². The Morgan fingerprint density at radius 2 is 2.21 bits per heavy atom. The van der Waals surface area contributed by atoms with Crippen LogP contribution in [-0.4, -0.2) is 41.3 Å². The molecule has 0 atom stereocenters. The summed E-state index contributed by atoms with van der Waals surface area (Å²) in [4.78, 5) is 3.21. The molecule has 0 spiro atoms. The highest BCUT2D eigenvalue weighted by Crippen LogP contribution is 2.32. The number of H-pyrrole nitrogens is 1. The van der Waals surface area contributed by atoms with E-state index in [-0.39, 0.29) is 4.75 Å². The first-order chi connectivity index (χ1) is 8.85. The number of hydrogen-bond acceptors (Lipinski definition) is 4. The molecule has 1 fully saturated rings. The molecule has 0 aliphatic carbocycles. The maximum atomic E-state index is 12.5. The molecule has 1 aliphatic heterocycles. The van der Waals surface area contributed by atoms with Crippen molar-refractivity contribution in [2.45, 2.75) is 36.5 Å². The van der Waals surface area contributed by atoms with Crippen LogP contribution in [0.2, 0.25) is 0 Å². The Labute approximate surface area is 119 Å². The van der Waals surface area contributed by atoms with Crippen molar-refractivity contribution < 1.29 is 8.42 Å². The fraction of sp³-hybridized carbons (Fsp3) is 0.667. The van der Waals surface area contributed by atoms with Gasteiger partial charge in [0.25, 0.3) is 0 Å². The quantitative estimate of drug-likeness (QED) is 0.884. The van der Waals surface area contributed by atoms with Crippen LogP contribution >= 0.6 is 11.8 Å². The second-order valence-corrected chi connectivity index (χ2v) is 9.07. The summed E-state index contributed by atoms with van der Waals surface area (Å²) in [6.07, 6.45) is 2.39. The van der Waals surface area contributed by atoms with E-state index in [2.05, 4.69) is 18.8 Å². The van der Waals surface area contributed by atoms with E-state index in [1.54, 1.807) is 10.4 Å². The van der Waals surface area contributed by atoms with E-state index >= 15 is 0 Å². The first-order valence-electron chi connectivity index (χ1n) is 6.37. The van der Waals surface area contributed by atoms with Gasteiger partial charge in [-0.15, -0.1) is 0 Å². The van der Waals surface area contributed by atoms with Crippen LogP contribution < -0.4 is 5.73 Å². The number of aromatic nitrogens is 1. The monoisotopic (exact) mass is 303 g/mol. The van der Waals surface area contributed by atoms with Crippen LogP contribution in [0.25, 0.3) is 0 Å². The lowest BCUT2D eigenvalue weighted by Crippen LogP contribution is -2.33. The zero-order chi connectivity index (χ0) is 14.1. The van der Waals surface area contributed by atoms with Crippen molar-refractivity contribution in [2.24, 2.45) is 5.73 Å². The third-order valence-electron chi connectivity index (χ3n) is 3.37. The smallest absolute Gasteiger partial charge is 0.244 e. The van der Waals surface area contributed by atoms with Gasteiger partial charge in [-0.25, -0.2) is 8.42 Å². The fourth-order valence-electron chi connectivity index (χ4n) is 2.08. The molecular weight excluding hydrogens is 282 g/mol. The lowest BCUT2D eigenvalue weighted by atomic mass is 10.1. The summed E-state index contributed by atoms with van der Waals surface area (Å²) < 4.78 is 26.8. The van der Waals surface area contributed by atoms with Crippen LogP contribution in [0.4, 0.5) is 0 Å². The number of aromatic amines is 1. The van der Waals surface area contributed by atoms with Gasteiger partial charge >= 0.3 is 0 Å². The topological polar surface area (TPSA) is 79.2 Å². The van der Waals surface area contributed by atoms with Gasteiger partial charge in [0.1, 0.15) is 0 Å². The average Bonchev–Trinajstić information content (AvgIpc) is 2.75. The van der Waals surface area contributed by atoms with Gasteiger partial charge < -0.3 is 10.7 Å². The second-order valence-electron chi connectivity index (χ2n) is 5.33. The van der Waals surface area contributed by atoms with Gasteiger partial charge in [0.05, 0.1) is 4.90 Å². The van der Waals surface area contributed by atoms with Gasteiger partial charge in [0.2, 0.25) is 10.0 Å². The Balaban J connectivity index is 2.20. The molecule has 108 valence electrons. The molecule has 0 radical (unpaired) electrons. The van der Waals surface area contributed by atoms with Crippen molar-refractivity contribution in [3.63, 3.8) is 0 Å². The first-order valence-corrected chi connectivity index (χ1v) is 8.79. The predicted molar refractivity (Wildman–Crippen MR) is 78.6 cm³/mol. The zero-order valence-electron chi connectivity index (χ0n) is 11.3. The van der Waals surface area contributed by atoms with Crippen molar-refractivity contribution in [1.29, 1.82) is 0 Å². The Kier molecular flexibility index (Phi) is 4.29. The number of hydrogen-bond donors (Lipinski definition) is 2. The number of nitrogens with one attached hydrogen (secondary N) is 1. The van der Waals surface area contributed by atoms with Crippen molar-refractivity contribution >= 4 is 21.8 Å². The molecule has 0 aromatic carbocycles. The number of thioether (sulfide) groups is 1. The maximum Gasteiger partial charge on any atom is 0.244 e. The minimum atomic E-state index is -3.39. The molecule has 2 heterocycles. The lowest BCUT2D eigenvalue weighted by Gasteiger charge is -2.22. The third kappa shape index (κ3) is 3.34. The minimum absolute atomic E-state index is 0.144. The van der Waals surface area contributed by atoms with E-state index in [9.17, 15) is 8.42 Å². The van der Waals surface area contributed by atoms with Crippen LogP contribution in [0, 0.1) is 0 Å². The molecule has 1 aromatic heterocycles. The average molecular weight is 303 g/mol. The molecule has 2 rings (SSSR count). The largest absolute Gasteiger partial charge is 0.363 e. The maximum absolute atomic E-state index is 12.5. The lowest BCUT2D eigenvalue weighted by molar-refractivity contribution is 0.415. The third-order valence-corrected chi connectivity index (χ3v) is 6.62. The van der Waals surface area contributed by atoms with Crippen molar-refractivity contribution in [1.82, 2.24) is 9.29 Å². The Hall–Kier alpha value is -0.500. The van der Waals surface area contributed by atoms with Gasteiger partial charge in [-0.05, 0) is 12.5 Å².